The molecule has 1 aromatic heterocycles. The summed E-state index contributed by atoms with van der Waals surface area (Å²) in [5.74, 6) is 0.852. The van der Waals surface area contributed by atoms with Gasteiger partial charge in [-0.15, -0.1) is 11.3 Å². The van der Waals surface area contributed by atoms with Crippen LogP contribution in [0.15, 0.2) is 17.5 Å². The third-order valence-corrected chi connectivity index (χ3v) is 3.88. The van der Waals surface area contributed by atoms with Crippen LogP contribution in [0.25, 0.3) is 0 Å². The molecule has 1 fully saturated rings. The van der Waals surface area contributed by atoms with Gasteiger partial charge in [-0.25, -0.2) is 0 Å². The van der Waals surface area contributed by atoms with Crippen LogP contribution in [0.5, 0.6) is 0 Å². The minimum absolute atomic E-state index is 0.209. The molecule has 0 saturated carbocycles. The van der Waals surface area contributed by atoms with E-state index in [0.29, 0.717) is 0 Å². The summed E-state index contributed by atoms with van der Waals surface area (Å²) in [4.78, 5) is 3.79. The first-order chi connectivity index (χ1) is 6.75. The van der Waals surface area contributed by atoms with E-state index in [1.54, 1.807) is 11.3 Å². The zero-order valence-electron chi connectivity index (χ0n) is 8.65. The summed E-state index contributed by atoms with van der Waals surface area (Å²) in [7, 11) is 0. The summed E-state index contributed by atoms with van der Waals surface area (Å²) in [6.45, 7) is 5.78. The molecule has 2 rings (SSSR count). The van der Waals surface area contributed by atoms with Crippen molar-refractivity contribution < 1.29 is 0 Å². The van der Waals surface area contributed by atoms with E-state index in [9.17, 15) is 0 Å². The Morgan fingerprint density at radius 3 is 3.14 bits per heavy atom. The van der Waals surface area contributed by atoms with Crippen LogP contribution in [0.2, 0.25) is 0 Å². The summed E-state index contributed by atoms with van der Waals surface area (Å²) in [6.07, 6.45) is 1.33. The van der Waals surface area contributed by atoms with Gasteiger partial charge in [0.15, 0.2) is 0 Å². The molecular weight excluding hydrogens is 192 g/mol. The normalized spacial score (nSPS) is 25.4. The largest absolute Gasteiger partial charge is 0.322 e. The number of likely N-dealkylation sites (tertiary alicyclic amines) is 1. The number of hydrogen-bond donors (Lipinski definition) is 1. The quantitative estimate of drug-likeness (QED) is 0.827. The predicted octanol–water partition coefficient (Wildman–Crippen LogP) is 2.09. The molecular formula is C11H18N2S. The van der Waals surface area contributed by atoms with Gasteiger partial charge in [0, 0.05) is 18.0 Å². The second kappa shape index (κ2) is 4.43. The van der Waals surface area contributed by atoms with E-state index in [-0.39, 0.29) is 6.04 Å². The predicted molar refractivity (Wildman–Crippen MR) is 61.5 cm³/mol. The zero-order valence-corrected chi connectivity index (χ0v) is 9.46. The highest BCUT2D eigenvalue weighted by Crippen LogP contribution is 2.21. The Balaban J connectivity index is 1.86. The molecule has 1 aromatic rings. The van der Waals surface area contributed by atoms with Crippen molar-refractivity contribution in [3.8, 4) is 0 Å². The SMILES string of the molecule is CC1CCN(CC(N)c2cccs2)C1. The first-order valence-electron chi connectivity index (χ1n) is 5.27. The van der Waals surface area contributed by atoms with E-state index >= 15 is 0 Å². The van der Waals surface area contributed by atoms with Gasteiger partial charge in [-0.3, -0.25) is 0 Å². The maximum Gasteiger partial charge on any atom is 0.0519 e. The Morgan fingerprint density at radius 2 is 2.57 bits per heavy atom. The van der Waals surface area contributed by atoms with Crippen molar-refractivity contribution in [2.45, 2.75) is 19.4 Å². The van der Waals surface area contributed by atoms with Gasteiger partial charge < -0.3 is 10.6 Å². The van der Waals surface area contributed by atoms with E-state index < -0.39 is 0 Å². The van der Waals surface area contributed by atoms with E-state index in [0.717, 1.165) is 12.5 Å². The number of nitrogens with two attached hydrogens (primary N) is 1. The summed E-state index contributed by atoms with van der Waals surface area (Å²) in [5, 5.41) is 2.10. The first-order valence-corrected chi connectivity index (χ1v) is 6.15. The standard InChI is InChI=1S/C11H18N2S/c1-9-4-5-13(7-9)8-10(12)11-3-2-6-14-11/h2-3,6,9-10H,4-5,7-8,12H2,1H3. The van der Waals surface area contributed by atoms with Gasteiger partial charge in [-0.1, -0.05) is 13.0 Å². The molecule has 1 aliphatic heterocycles. The average molecular weight is 210 g/mol. The fraction of sp³-hybridized carbons (Fsp3) is 0.636. The molecule has 2 N–H and O–H groups in total. The van der Waals surface area contributed by atoms with Gasteiger partial charge in [0.25, 0.3) is 0 Å². The van der Waals surface area contributed by atoms with E-state index in [4.69, 9.17) is 5.73 Å². The van der Waals surface area contributed by atoms with Crippen LogP contribution in [0.3, 0.4) is 0 Å². The van der Waals surface area contributed by atoms with E-state index in [1.807, 2.05) is 0 Å². The van der Waals surface area contributed by atoms with Crippen LogP contribution >= 0.6 is 11.3 Å². The fourth-order valence-electron chi connectivity index (χ4n) is 2.06. The highest BCUT2D eigenvalue weighted by Gasteiger charge is 2.20. The van der Waals surface area contributed by atoms with Crippen LogP contribution in [-0.2, 0) is 0 Å². The molecule has 0 aliphatic carbocycles. The fourth-order valence-corrected chi connectivity index (χ4v) is 2.78. The Kier molecular flexibility index (Phi) is 3.21. The topological polar surface area (TPSA) is 29.3 Å². The van der Waals surface area contributed by atoms with Crippen molar-refractivity contribution in [3.63, 3.8) is 0 Å². The molecule has 2 nitrogen and oxygen atoms in total. The summed E-state index contributed by atoms with van der Waals surface area (Å²) >= 11 is 1.76. The lowest BCUT2D eigenvalue weighted by Gasteiger charge is -2.19. The Morgan fingerprint density at radius 1 is 1.71 bits per heavy atom. The number of rotatable bonds is 3. The van der Waals surface area contributed by atoms with Crippen molar-refractivity contribution in [3.05, 3.63) is 22.4 Å². The molecule has 2 heterocycles. The van der Waals surface area contributed by atoms with E-state index in [1.165, 1.54) is 24.4 Å². The molecule has 14 heavy (non-hydrogen) atoms. The van der Waals surface area contributed by atoms with Gasteiger partial charge in [0.1, 0.15) is 0 Å². The van der Waals surface area contributed by atoms with E-state index in [2.05, 4.69) is 29.3 Å². The van der Waals surface area contributed by atoms with Crippen LogP contribution in [-0.4, -0.2) is 24.5 Å². The first kappa shape index (κ1) is 10.1. The zero-order chi connectivity index (χ0) is 9.97. The van der Waals surface area contributed by atoms with Crippen LogP contribution in [0.1, 0.15) is 24.3 Å². The Labute approximate surface area is 89.7 Å². The van der Waals surface area contributed by atoms with Crippen molar-refractivity contribution in [2.24, 2.45) is 11.7 Å². The van der Waals surface area contributed by atoms with Crippen LogP contribution < -0.4 is 5.73 Å². The molecule has 0 radical (unpaired) electrons. The summed E-state index contributed by atoms with van der Waals surface area (Å²) in [6, 6.07) is 4.42. The molecule has 2 atom stereocenters. The van der Waals surface area contributed by atoms with Crippen molar-refractivity contribution in [2.75, 3.05) is 19.6 Å². The molecule has 3 heteroatoms. The van der Waals surface area contributed by atoms with Crippen molar-refractivity contribution in [1.82, 2.24) is 4.90 Å². The smallest absolute Gasteiger partial charge is 0.0519 e. The second-order valence-corrected chi connectivity index (χ2v) is 5.25. The number of thiophene rings is 1. The molecule has 2 unspecified atom stereocenters. The molecule has 78 valence electrons. The summed E-state index contributed by atoms with van der Waals surface area (Å²) < 4.78 is 0. The Bertz CT molecular complexity index is 271. The van der Waals surface area contributed by atoms with Crippen molar-refractivity contribution in [1.29, 1.82) is 0 Å². The third kappa shape index (κ3) is 2.35. The lowest BCUT2D eigenvalue weighted by atomic mass is 10.2. The van der Waals surface area contributed by atoms with Gasteiger partial charge in [-0.2, -0.15) is 0 Å². The highest BCUT2D eigenvalue weighted by molar-refractivity contribution is 7.10. The minimum atomic E-state index is 0.209. The molecule has 1 saturated heterocycles. The molecule has 1 aliphatic rings. The third-order valence-electron chi connectivity index (χ3n) is 2.87. The molecule has 0 bridgehead atoms. The summed E-state index contributed by atoms with van der Waals surface area (Å²) in [5.41, 5.74) is 6.13. The molecule has 0 aromatic carbocycles. The number of hydrogen-bond acceptors (Lipinski definition) is 3. The van der Waals surface area contributed by atoms with Crippen LogP contribution in [0, 0.1) is 5.92 Å². The maximum absolute atomic E-state index is 6.13. The maximum atomic E-state index is 6.13. The van der Waals surface area contributed by atoms with Crippen LogP contribution in [0.4, 0.5) is 0 Å². The van der Waals surface area contributed by atoms with Gasteiger partial charge >= 0.3 is 0 Å². The second-order valence-electron chi connectivity index (χ2n) is 4.28. The van der Waals surface area contributed by atoms with Crippen molar-refractivity contribution >= 4 is 11.3 Å². The monoisotopic (exact) mass is 210 g/mol. The lowest BCUT2D eigenvalue weighted by Crippen LogP contribution is -2.29. The average Bonchev–Trinajstić information content (AvgIpc) is 2.75. The van der Waals surface area contributed by atoms with Gasteiger partial charge in [0.2, 0.25) is 0 Å². The Hall–Kier alpha value is -0.380. The lowest BCUT2D eigenvalue weighted by molar-refractivity contribution is 0.308. The molecule has 0 spiro atoms. The molecule has 0 amide bonds. The minimum Gasteiger partial charge on any atom is -0.322 e. The number of nitrogens with zero attached hydrogens (tertiary/aromatic N) is 1. The van der Waals surface area contributed by atoms with Gasteiger partial charge in [0.05, 0.1) is 6.04 Å². The van der Waals surface area contributed by atoms with Gasteiger partial charge in [-0.05, 0) is 30.3 Å². The highest BCUT2D eigenvalue weighted by atomic mass is 32.1.